The molecule has 7 heteroatoms. The van der Waals surface area contributed by atoms with Gasteiger partial charge in [0.25, 0.3) is 0 Å². The van der Waals surface area contributed by atoms with Gasteiger partial charge in [-0.25, -0.2) is 12.8 Å². The fourth-order valence-electron chi connectivity index (χ4n) is 3.11. The lowest BCUT2D eigenvalue weighted by atomic mass is 9.96. The molecule has 0 N–H and O–H groups in total. The number of ketones is 1. The number of rotatable bonds is 5. The second-order valence-corrected chi connectivity index (χ2v) is 8.75. The van der Waals surface area contributed by atoms with Crippen molar-refractivity contribution in [2.24, 2.45) is 0 Å². The zero-order valence-corrected chi connectivity index (χ0v) is 16.7. The molecular formula is C23H16FNO4S. The number of hydrogen-bond donors (Lipinski definition) is 0. The molecule has 0 fully saturated rings. The van der Waals surface area contributed by atoms with E-state index >= 15 is 0 Å². The van der Waals surface area contributed by atoms with Gasteiger partial charge in [0, 0.05) is 17.4 Å². The van der Waals surface area contributed by atoms with Crippen LogP contribution in [0, 0.1) is 5.82 Å². The van der Waals surface area contributed by atoms with Crippen LogP contribution in [0.4, 0.5) is 4.39 Å². The highest BCUT2D eigenvalue weighted by Gasteiger charge is 2.25. The van der Waals surface area contributed by atoms with E-state index in [-0.39, 0.29) is 16.4 Å². The Balaban J connectivity index is 1.90. The van der Waals surface area contributed by atoms with Gasteiger partial charge in [0.05, 0.1) is 10.5 Å². The first-order valence-electron chi connectivity index (χ1n) is 9.00. The van der Waals surface area contributed by atoms with Crippen molar-refractivity contribution >= 4 is 15.6 Å². The Hall–Kier alpha value is -3.58. The van der Waals surface area contributed by atoms with Crippen LogP contribution in [0.5, 0.6) is 0 Å². The fraction of sp³-hybridized carbons (Fsp3) is 0.0435. The number of nitrogens with zero attached hydrogens (tertiary/aromatic N) is 1. The van der Waals surface area contributed by atoms with Gasteiger partial charge in [0.2, 0.25) is 11.5 Å². The van der Waals surface area contributed by atoms with Crippen LogP contribution in [0.3, 0.4) is 0 Å². The molecule has 0 atom stereocenters. The molecule has 1 heterocycles. The standard InChI is InChI=1S/C23H16FNO4S/c1-30(27,28)19-13-9-15(10-14-19)20-21(16-7-11-18(24)12-8-16)25-29-23(20)22(26)17-5-3-2-4-6-17/h2-14H,1H3. The maximum absolute atomic E-state index is 13.4. The van der Waals surface area contributed by atoms with Gasteiger partial charge in [-0.3, -0.25) is 4.79 Å². The molecule has 4 aromatic rings. The van der Waals surface area contributed by atoms with E-state index in [0.717, 1.165) is 6.26 Å². The summed E-state index contributed by atoms with van der Waals surface area (Å²) in [6, 6.07) is 20.4. The minimum Gasteiger partial charge on any atom is -0.351 e. The molecular weight excluding hydrogens is 405 g/mol. The Labute approximate surface area is 172 Å². The third-order valence-electron chi connectivity index (χ3n) is 4.62. The summed E-state index contributed by atoms with van der Waals surface area (Å²) in [6.45, 7) is 0. The van der Waals surface area contributed by atoms with E-state index in [1.54, 1.807) is 54.6 Å². The SMILES string of the molecule is CS(=O)(=O)c1ccc(-c2c(-c3ccc(F)cc3)noc2C(=O)c2ccccc2)cc1. The Bertz CT molecular complexity index is 1310. The quantitative estimate of drug-likeness (QED) is 0.433. The Morgan fingerprint density at radius 2 is 1.47 bits per heavy atom. The summed E-state index contributed by atoms with van der Waals surface area (Å²) in [7, 11) is -3.37. The van der Waals surface area contributed by atoms with E-state index in [9.17, 15) is 17.6 Å². The number of halogens is 1. The first-order chi connectivity index (χ1) is 14.3. The average Bonchev–Trinajstić information content (AvgIpc) is 3.19. The maximum atomic E-state index is 13.4. The molecule has 3 aromatic carbocycles. The summed E-state index contributed by atoms with van der Waals surface area (Å²) in [5.74, 6) is -0.742. The van der Waals surface area contributed by atoms with Gasteiger partial charge in [0.15, 0.2) is 9.84 Å². The third-order valence-corrected chi connectivity index (χ3v) is 5.75. The third kappa shape index (κ3) is 3.79. The monoisotopic (exact) mass is 421 g/mol. The fourth-order valence-corrected chi connectivity index (χ4v) is 3.74. The van der Waals surface area contributed by atoms with Gasteiger partial charge < -0.3 is 4.52 Å². The minimum atomic E-state index is -3.37. The molecule has 0 amide bonds. The number of benzene rings is 3. The van der Waals surface area contributed by atoms with E-state index in [0.29, 0.717) is 27.9 Å². The lowest BCUT2D eigenvalue weighted by molar-refractivity contribution is 0.100. The number of sulfone groups is 1. The van der Waals surface area contributed by atoms with Gasteiger partial charge in [-0.15, -0.1) is 0 Å². The smallest absolute Gasteiger partial charge is 0.231 e. The van der Waals surface area contributed by atoms with Crippen LogP contribution >= 0.6 is 0 Å². The molecule has 30 heavy (non-hydrogen) atoms. The Morgan fingerprint density at radius 1 is 0.867 bits per heavy atom. The molecule has 0 aliphatic rings. The summed E-state index contributed by atoms with van der Waals surface area (Å²) in [5, 5.41) is 4.07. The minimum absolute atomic E-state index is 0.0210. The highest BCUT2D eigenvalue weighted by atomic mass is 32.2. The number of aromatic nitrogens is 1. The summed E-state index contributed by atoms with van der Waals surface area (Å²) in [5.41, 5.74) is 2.32. The van der Waals surface area contributed by atoms with Crippen LogP contribution < -0.4 is 0 Å². The first-order valence-corrected chi connectivity index (χ1v) is 10.9. The van der Waals surface area contributed by atoms with E-state index in [4.69, 9.17) is 4.52 Å². The first kappa shape index (κ1) is 19.7. The molecule has 4 rings (SSSR count). The van der Waals surface area contributed by atoms with Crippen LogP contribution in [-0.4, -0.2) is 25.6 Å². The zero-order chi connectivity index (χ0) is 21.3. The molecule has 0 saturated heterocycles. The molecule has 0 aliphatic heterocycles. The highest BCUT2D eigenvalue weighted by molar-refractivity contribution is 7.90. The van der Waals surface area contributed by atoms with Crippen molar-refractivity contribution in [1.82, 2.24) is 5.16 Å². The maximum Gasteiger partial charge on any atom is 0.231 e. The molecule has 0 bridgehead atoms. The topological polar surface area (TPSA) is 77.2 Å². The van der Waals surface area contributed by atoms with Gasteiger partial charge in [-0.05, 0) is 42.0 Å². The Morgan fingerprint density at radius 3 is 2.07 bits per heavy atom. The van der Waals surface area contributed by atoms with E-state index < -0.39 is 15.7 Å². The van der Waals surface area contributed by atoms with Crippen LogP contribution in [-0.2, 0) is 9.84 Å². The van der Waals surface area contributed by atoms with Crippen molar-refractivity contribution < 1.29 is 22.1 Å². The number of carbonyl (C=O) groups is 1. The molecule has 0 spiro atoms. The summed E-state index contributed by atoms with van der Waals surface area (Å²) in [6.07, 6.45) is 1.12. The molecule has 0 unspecified atom stereocenters. The van der Waals surface area contributed by atoms with Crippen molar-refractivity contribution in [2.45, 2.75) is 4.90 Å². The van der Waals surface area contributed by atoms with Crippen molar-refractivity contribution in [1.29, 1.82) is 0 Å². The summed E-state index contributed by atoms with van der Waals surface area (Å²) < 4.78 is 42.4. The van der Waals surface area contributed by atoms with Crippen LogP contribution in [0.1, 0.15) is 16.1 Å². The lowest BCUT2D eigenvalue weighted by Crippen LogP contribution is -2.02. The second kappa shape index (κ2) is 7.68. The van der Waals surface area contributed by atoms with Gasteiger partial charge in [0.1, 0.15) is 11.5 Å². The van der Waals surface area contributed by atoms with Crippen molar-refractivity contribution in [3.05, 3.63) is 96.0 Å². The number of hydrogen-bond acceptors (Lipinski definition) is 5. The largest absolute Gasteiger partial charge is 0.351 e. The van der Waals surface area contributed by atoms with E-state index in [1.165, 1.54) is 24.3 Å². The molecule has 0 radical (unpaired) electrons. The van der Waals surface area contributed by atoms with Crippen LogP contribution in [0.25, 0.3) is 22.4 Å². The van der Waals surface area contributed by atoms with Crippen LogP contribution in [0.15, 0.2) is 88.3 Å². The van der Waals surface area contributed by atoms with Crippen LogP contribution in [0.2, 0.25) is 0 Å². The van der Waals surface area contributed by atoms with Crippen molar-refractivity contribution in [3.63, 3.8) is 0 Å². The lowest BCUT2D eigenvalue weighted by Gasteiger charge is -2.06. The highest BCUT2D eigenvalue weighted by Crippen LogP contribution is 2.36. The van der Waals surface area contributed by atoms with E-state index in [1.807, 2.05) is 0 Å². The molecule has 1 aromatic heterocycles. The zero-order valence-electron chi connectivity index (χ0n) is 15.9. The molecule has 150 valence electrons. The van der Waals surface area contributed by atoms with E-state index in [2.05, 4.69) is 5.16 Å². The molecule has 0 aliphatic carbocycles. The van der Waals surface area contributed by atoms with Crippen molar-refractivity contribution in [2.75, 3.05) is 6.26 Å². The van der Waals surface area contributed by atoms with Gasteiger partial charge in [-0.2, -0.15) is 0 Å². The molecule has 5 nitrogen and oxygen atoms in total. The predicted octanol–water partition coefficient (Wildman–Crippen LogP) is 4.78. The summed E-state index contributed by atoms with van der Waals surface area (Å²) >= 11 is 0. The van der Waals surface area contributed by atoms with Crippen molar-refractivity contribution in [3.8, 4) is 22.4 Å². The average molecular weight is 421 g/mol. The second-order valence-electron chi connectivity index (χ2n) is 6.73. The van der Waals surface area contributed by atoms with Gasteiger partial charge in [-0.1, -0.05) is 47.6 Å². The normalized spacial score (nSPS) is 11.4. The predicted molar refractivity (Wildman–Crippen MR) is 110 cm³/mol. The van der Waals surface area contributed by atoms with Gasteiger partial charge >= 0.3 is 0 Å². The Kier molecular flexibility index (Phi) is 5.05. The number of carbonyl (C=O) groups excluding carboxylic acids is 1. The summed E-state index contributed by atoms with van der Waals surface area (Å²) in [4.78, 5) is 13.2. The molecule has 0 saturated carbocycles.